The van der Waals surface area contributed by atoms with Crippen LogP contribution in [0.1, 0.15) is 53.8 Å². The standard InChI is InChI=1S/C18H22FNO3/c1-4-16-11(2)9-17(23-16)18(22)20-12(3)10-15(21)13-5-7-14(19)8-6-13/h5-9,12,15,21H,4,10H2,1-3H3,(H,20,22). The molecule has 1 amide bonds. The first kappa shape index (κ1) is 17.2. The average Bonchev–Trinajstić information content (AvgIpc) is 2.89. The molecule has 0 aliphatic carbocycles. The Balaban J connectivity index is 1.94. The van der Waals surface area contributed by atoms with Gasteiger partial charge in [0.25, 0.3) is 5.91 Å². The Labute approximate surface area is 135 Å². The molecule has 23 heavy (non-hydrogen) atoms. The summed E-state index contributed by atoms with van der Waals surface area (Å²) in [6.45, 7) is 5.68. The third-order valence-corrected chi connectivity index (χ3v) is 3.77. The second kappa shape index (κ2) is 7.42. The van der Waals surface area contributed by atoms with E-state index in [9.17, 15) is 14.3 Å². The molecular formula is C18H22FNO3. The van der Waals surface area contributed by atoms with Crippen molar-refractivity contribution >= 4 is 5.91 Å². The Hall–Kier alpha value is -2.14. The number of carbonyl (C=O) groups is 1. The van der Waals surface area contributed by atoms with Gasteiger partial charge in [0.05, 0.1) is 6.10 Å². The van der Waals surface area contributed by atoms with Crippen molar-refractivity contribution < 1.29 is 18.7 Å². The van der Waals surface area contributed by atoms with Gasteiger partial charge in [-0.3, -0.25) is 4.79 Å². The van der Waals surface area contributed by atoms with Crippen LogP contribution in [0.25, 0.3) is 0 Å². The summed E-state index contributed by atoms with van der Waals surface area (Å²) in [6, 6.07) is 7.16. The van der Waals surface area contributed by atoms with Gasteiger partial charge in [0, 0.05) is 12.5 Å². The van der Waals surface area contributed by atoms with Gasteiger partial charge < -0.3 is 14.8 Å². The molecule has 2 N–H and O–H groups in total. The number of aliphatic hydroxyl groups excluding tert-OH is 1. The molecule has 5 heteroatoms. The number of amides is 1. The summed E-state index contributed by atoms with van der Waals surface area (Å²) in [7, 11) is 0. The number of hydrogen-bond donors (Lipinski definition) is 2. The average molecular weight is 319 g/mol. The lowest BCUT2D eigenvalue weighted by atomic mass is 10.0. The highest BCUT2D eigenvalue weighted by molar-refractivity contribution is 5.91. The van der Waals surface area contributed by atoms with Gasteiger partial charge in [-0.2, -0.15) is 0 Å². The number of aryl methyl sites for hydroxylation is 2. The zero-order chi connectivity index (χ0) is 17.0. The zero-order valence-corrected chi connectivity index (χ0v) is 13.6. The lowest BCUT2D eigenvalue weighted by Gasteiger charge is -2.17. The lowest BCUT2D eigenvalue weighted by Crippen LogP contribution is -2.33. The molecule has 0 saturated carbocycles. The predicted molar refractivity (Wildman–Crippen MR) is 85.7 cm³/mol. The van der Waals surface area contributed by atoms with E-state index in [2.05, 4.69) is 5.32 Å². The molecule has 2 unspecified atom stereocenters. The van der Waals surface area contributed by atoms with Crippen molar-refractivity contribution in [1.82, 2.24) is 5.32 Å². The largest absolute Gasteiger partial charge is 0.456 e. The van der Waals surface area contributed by atoms with Crippen LogP contribution in [-0.2, 0) is 6.42 Å². The highest BCUT2D eigenvalue weighted by Gasteiger charge is 2.18. The molecule has 2 rings (SSSR count). The van der Waals surface area contributed by atoms with E-state index in [1.807, 2.05) is 13.8 Å². The third kappa shape index (κ3) is 4.42. The number of aliphatic hydroxyl groups is 1. The van der Waals surface area contributed by atoms with Crippen molar-refractivity contribution in [3.05, 3.63) is 58.8 Å². The minimum absolute atomic E-state index is 0.252. The fraction of sp³-hybridized carbons (Fsp3) is 0.389. The van der Waals surface area contributed by atoms with Gasteiger partial charge in [-0.15, -0.1) is 0 Å². The Morgan fingerprint density at radius 1 is 1.35 bits per heavy atom. The summed E-state index contributed by atoms with van der Waals surface area (Å²) in [4.78, 5) is 12.2. The van der Waals surface area contributed by atoms with Crippen molar-refractivity contribution in [1.29, 1.82) is 0 Å². The monoisotopic (exact) mass is 319 g/mol. The third-order valence-electron chi connectivity index (χ3n) is 3.77. The number of furan rings is 1. The molecule has 2 atom stereocenters. The summed E-state index contributed by atoms with van der Waals surface area (Å²) in [5.41, 5.74) is 1.58. The van der Waals surface area contributed by atoms with E-state index >= 15 is 0 Å². The number of benzene rings is 1. The van der Waals surface area contributed by atoms with Gasteiger partial charge in [0.1, 0.15) is 11.6 Å². The Morgan fingerprint density at radius 3 is 2.57 bits per heavy atom. The zero-order valence-electron chi connectivity index (χ0n) is 13.6. The van der Waals surface area contributed by atoms with Crippen LogP contribution in [0.4, 0.5) is 4.39 Å². The van der Waals surface area contributed by atoms with E-state index < -0.39 is 6.10 Å². The summed E-state index contributed by atoms with van der Waals surface area (Å²) >= 11 is 0. The SMILES string of the molecule is CCc1oc(C(=O)NC(C)CC(O)c2ccc(F)cc2)cc1C. The summed E-state index contributed by atoms with van der Waals surface area (Å²) in [6.07, 6.45) is 0.297. The van der Waals surface area contributed by atoms with Crippen molar-refractivity contribution in [3.8, 4) is 0 Å². The van der Waals surface area contributed by atoms with E-state index in [-0.39, 0.29) is 23.5 Å². The van der Waals surface area contributed by atoms with Crippen LogP contribution in [0.3, 0.4) is 0 Å². The number of rotatable bonds is 6. The molecule has 0 aliphatic rings. The molecule has 1 heterocycles. The first-order chi connectivity index (χ1) is 10.9. The first-order valence-electron chi connectivity index (χ1n) is 7.74. The highest BCUT2D eigenvalue weighted by Crippen LogP contribution is 2.19. The van der Waals surface area contributed by atoms with E-state index in [1.54, 1.807) is 13.0 Å². The van der Waals surface area contributed by atoms with Gasteiger partial charge in [-0.05, 0) is 49.6 Å². The van der Waals surface area contributed by atoms with Crippen LogP contribution in [0, 0.1) is 12.7 Å². The van der Waals surface area contributed by atoms with E-state index in [4.69, 9.17) is 4.42 Å². The molecule has 1 aromatic carbocycles. The highest BCUT2D eigenvalue weighted by atomic mass is 19.1. The van der Waals surface area contributed by atoms with Gasteiger partial charge >= 0.3 is 0 Å². The lowest BCUT2D eigenvalue weighted by molar-refractivity contribution is 0.0887. The Bertz CT molecular complexity index is 663. The second-order valence-electron chi connectivity index (χ2n) is 5.75. The minimum atomic E-state index is -0.768. The number of nitrogens with one attached hydrogen (secondary N) is 1. The Morgan fingerprint density at radius 2 is 2.00 bits per heavy atom. The van der Waals surface area contributed by atoms with Gasteiger partial charge in [-0.1, -0.05) is 19.1 Å². The smallest absolute Gasteiger partial charge is 0.287 e. The first-order valence-corrected chi connectivity index (χ1v) is 7.74. The van der Waals surface area contributed by atoms with Crippen LogP contribution < -0.4 is 5.32 Å². The van der Waals surface area contributed by atoms with Crippen LogP contribution in [0.15, 0.2) is 34.7 Å². The minimum Gasteiger partial charge on any atom is -0.456 e. The van der Waals surface area contributed by atoms with Crippen LogP contribution in [0.2, 0.25) is 0 Å². The fourth-order valence-electron chi connectivity index (χ4n) is 2.49. The summed E-state index contributed by atoms with van der Waals surface area (Å²) in [5.74, 6) is 0.436. The van der Waals surface area contributed by atoms with Crippen molar-refractivity contribution in [2.24, 2.45) is 0 Å². The van der Waals surface area contributed by atoms with Crippen LogP contribution in [-0.4, -0.2) is 17.1 Å². The summed E-state index contributed by atoms with van der Waals surface area (Å²) < 4.78 is 18.4. The molecule has 0 fully saturated rings. The van der Waals surface area contributed by atoms with Gasteiger partial charge in [-0.25, -0.2) is 4.39 Å². The topological polar surface area (TPSA) is 62.5 Å². The quantitative estimate of drug-likeness (QED) is 0.856. The number of hydrogen-bond acceptors (Lipinski definition) is 3. The number of carbonyl (C=O) groups excluding carboxylic acids is 1. The van der Waals surface area contributed by atoms with Crippen molar-refractivity contribution in [2.75, 3.05) is 0 Å². The van der Waals surface area contributed by atoms with Crippen molar-refractivity contribution in [2.45, 2.75) is 45.8 Å². The van der Waals surface area contributed by atoms with Crippen LogP contribution in [0.5, 0.6) is 0 Å². The maximum Gasteiger partial charge on any atom is 0.287 e. The van der Waals surface area contributed by atoms with Gasteiger partial charge in [0.15, 0.2) is 5.76 Å². The maximum atomic E-state index is 12.9. The van der Waals surface area contributed by atoms with Crippen LogP contribution >= 0.6 is 0 Å². The molecule has 0 bridgehead atoms. The Kier molecular flexibility index (Phi) is 5.55. The maximum absolute atomic E-state index is 12.9. The molecule has 0 spiro atoms. The van der Waals surface area contributed by atoms with E-state index in [0.29, 0.717) is 12.0 Å². The molecule has 0 radical (unpaired) electrons. The molecule has 2 aromatic rings. The number of halogens is 1. The van der Waals surface area contributed by atoms with Gasteiger partial charge in [0.2, 0.25) is 0 Å². The fourth-order valence-corrected chi connectivity index (χ4v) is 2.49. The predicted octanol–water partition coefficient (Wildman–Crippen LogP) is 3.53. The summed E-state index contributed by atoms with van der Waals surface area (Å²) in [5, 5.41) is 13.0. The molecule has 0 aliphatic heterocycles. The molecule has 4 nitrogen and oxygen atoms in total. The van der Waals surface area contributed by atoms with Crippen molar-refractivity contribution in [3.63, 3.8) is 0 Å². The van der Waals surface area contributed by atoms with E-state index in [1.165, 1.54) is 24.3 Å². The second-order valence-corrected chi connectivity index (χ2v) is 5.75. The van der Waals surface area contributed by atoms with E-state index in [0.717, 1.165) is 17.7 Å². The molecule has 124 valence electrons. The normalized spacial score (nSPS) is 13.6. The molecule has 0 saturated heterocycles. The molecular weight excluding hydrogens is 297 g/mol. The molecule has 1 aromatic heterocycles.